The lowest BCUT2D eigenvalue weighted by Crippen LogP contribution is -2.49. The lowest BCUT2D eigenvalue weighted by atomic mass is 9.98. The van der Waals surface area contributed by atoms with Crippen LogP contribution in [0.15, 0.2) is 0 Å². The Morgan fingerprint density at radius 2 is 1.95 bits per heavy atom. The fourth-order valence-corrected chi connectivity index (χ4v) is 2.93. The molecule has 0 radical (unpaired) electrons. The van der Waals surface area contributed by atoms with Crippen molar-refractivity contribution in [3.8, 4) is 0 Å². The van der Waals surface area contributed by atoms with Crippen LogP contribution in [0, 0.1) is 5.92 Å². The molecule has 1 aliphatic heterocycles. The first-order valence-corrected chi connectivity index (χ1v) is 7.87. The normalized spacial score (nSPS) is 21.4. The highest BCUT2D eigenvalue weighted by atomic mass is 16.2. The van der Waals surface area contributed by atoms with Gasteiger partial charge in [-0.05, 0) is 59.2 Å². The van der Waals surface area contributed by atoms with Crippen molar-refractivity contribution < 1.29 is 4.79 Å². The average Bonchev–Trinajstić information content (AvgIpc) is 2.46. The van der Waals surface area contributed by atoms with Gasteiger partial charge < -0.3 is 10.2 Å². The van der Waals surface area contributed by atoms with Crippen molar-refractivity contribution in [2.24, 2.45) is 5.92 Å². The molecule has 2 atom stereocenters. The third-order valence-corrected chi connectivity index (χ3v) is 4.28. The maximum atomic E-state index is 12.4. The summed E-state index contributed by atoms with van der Waals surface area (Å²) in [7, 11) is 0. The van der Waals surface area contributed by atoms with Crippen molar-refractivity contribution in [3.63, 3.8) is 0 Å². The van der Waals surface area contributed by atoms with Crippen LogP contribution in [0.3, 0.4) is 0 Å². The largest absolute Gasteiger partial charge is 0.342 e. The first-order valence-electron chi connectivity index (χ1n) is 7.87. The minimum Gasteiger partial charge on any atom is -0.342 e. The minimum absolute atomic E-state index is 0.00632. The first-order chi connectivity index (χ1) is 9.13. The summed E-state index contributed by atoms with van der Waals surface area (Å²) in [4.78, 5) is 16.7. The quantitative estimate of drug-likeness (QED) is 0.762. The third-order valence-electron chi connectivity index (χ3n) is 4.28. The lowest BCUT2D eigenvalue weighted by molar-refractivity contribution is -0.136. The molecule has 0 aromatic carbocycles. The molecule has 112 valence electrons. The number of likely N-dealkylation sites (N-methyl/N-ethyl adjacent to an activating group) is 2. The number of rotatable bonds is 7. The Morgan fingerprint density at radius 3 is 2.42 bits per heavy atom. The van der Waals surface area contributed by atoms with Crippen LogP contribution in [0.25, 0.3) is 0 Å². The zero-order chi connectivity index (χ0) is 14.3. The van der Waals surface area contributed by atoms with Crippen LogP contribution in [0.4, 0.5) is 0 Å². The second-order valence-electron chi connectivity index (χ2n) is 5.49. The molecule has 19 heavy (non-hydrogen) atoms. The van der Waals surface area contributed by atoms with Crippen LogP contribution >= 0.6 is 0 Å². The number of nitrogens with one attached hydrogen (secondary N) is 1. The highest BCUT2D eigenvalue weighted by molar-refractivity contribution is 5.81. The number of hydrogen-bond donors (Lipinski definition) is 1. The van der Waals surface area contributed by atoms with Gasteiger partial charge in [0.15, 0.2) is 0 Å². The molecule has 0 aliphatic carbocycles. The second-order valence-corrected chi connectivity index (χ2v) is 5.49. The molecule has 1 rings (SSSR count). The molecule has 1 fully saturated rings. The predicted molar refractivity (Wildman–Crippen MR) is 80.2 cm³/mol. The Balaban J connectivity index is 2.54. The van der Waals surface area contributed by atoms with Gasteiger partial charge in [0.2, 0.25) is 5.91 Å². The molecule has 0 spiro atoms. The smallest absolute Gasteiger partial charge is 0.239 e. The van der Waals surface area contributed by atoms with E-state index in [2.05, 4.69) is 37.9 Å². The summed E-state index contributed by atoms with van der Waals surface area (Å²) >= 11 is 0. The molecule has 0 saturated carbocycles. The van der Waals surface area contributed by atoms with Crippen LogP contribution < -0.4 is 5.32 Å². The molecule has 2 unspecified atom stereocenters. The van der Waals surface area contributed by atoms with Crippen molar-refractivity contribution >= 4 is 5.91 Å². The van der Waals surface area contributed by atoms with Gasteiger partial charge in [0.05, 0.1) is 6.04 Å². The highest BCUT2D eigenvalue weighted by Crippen LogP contribution is 2.14. The summed E-state index contributed by atoms with van der Waals surface area (Å²) < 4.78 is 0. The highest BCUT2D eigenvalue weighted by Gasteiger charge is 2.26. The summed E-state index contributed by atoms with van der Waals surface area (Å²) in [5.41, 5.74) is 0. The zero-order valence-corrected chi connectivity index (χ0v) is 13.1. The molecule has 0 bridgehead atoms. The van der Waals surface area contributed by atoms with Gasteiger partial charge in [-0.2, -0.15) is 0 Å². The molecule has 1 heterocycles. The van der Waals surface area contributed by atoms with E-state index in [-0.39, 0.29) is 11.9 Å². The summed E-state index contributed by atoms with van der Waals surface area (Å²) in [6.07, 6.45) is 2.55. The average molecular weight is 269 g/mol. The van der Waals surface area contributed by atoms with Gasteiger partial charge in [-0.1, -0.05) is 6.92 Å². The van der Waals surface area contributed by atoms with E-state index in [4.69, 9.17) is 0 Å². The van der Waals surface area contributed by atoms with E-state index in [0.29, 0.717) is 5.92 Å². The number of amides is 1. The van der Waals surface area contributed by atoms with E-state index < -0.39 is 0 Å². The maximum absolute atomic E-state index is 12.4. The van der Waals surface area contributed by atoms with Gasteiger partial charge in [0, 0.05) is 19.6 Å². The Bertz CT molecular complexity index is 260. The van der Waals surface area contributed by atoms with Crippen LogP contribution in [0.5, 0.6) is 0 Å². The Morgan fingerprint density at radius 1 is 1.26 bits per heavy atom. The Hall–Kier alpha value is -0.610. The number of carbonyl (C=O) groups excluding carboxylic acids is 1. The van der Waals surface area contributed by atoms with Crippen LogP contribution in [-0.2, 0) is 4.79 Å². The molecule has 0 aromatic heterocycles. The van der Waals surface area contributed by atoms with E-state index in [1.807, 2.05) is 4.90 Å². The van der Waals surface area contributed by atoms with E-state index in [9.17, 15) is 4.79 Å². The van der Waals surface area contributed by atoms with E-state index in [1.165, 1.54) is 12.8 Å². The SMILES string of the molecule is CCN(CC)C(=O)C(C)N(CC)CC1CCCNC1. The van der Waals surface area contributed by atoms with Crippen LogP contribution in [0.1, 0.15) is 40.5 Å². The number of carbonyl (C=O) groups is 1. The monoisotopic (exact) mass is 269 g/mol. The van der Waals surface area contributed by atoms with Gasteiger partial charge in [0.1, 0.15) is 0 Å². The van der Waals surface area contributed by atoms with Crippen LogP contribution in [-0.4, -0.2) is 61.0 Å². The zero-order valence-electron chi connectivity index (χ0n) is 13.1. The van der Waals surface area contributed by atoms with Crippen molar-refractivity contribution in [2.75, 3.05) is 39.3 Å². The Kier molecular flexibility index (Phi) is 7.39. The van der Waals surface area contributed by atoms with Gasteiger partial charge in [-0.15, -0.1) is 0 Å². The molecular weight excluding hydrogens is 238 g/mol. The van der Waals surface area contributed by atoms with Gasteiger partial charge in [-0.3, -0.25) is 9.69 Å². The molecule has 0 aromatic rings. The van der Waals surface area contributed by atoms with E-state index in [1.54, 1.807) is 0 Å². The molecule has 4 heteroatoms. The minimum atomic E-state index is 0.00632. The molecule has 1 amide bonds. The van der Waals surface area contributed by atoms with Gasteiger partial charge in [-0.25, -0.2) is 0 Å². The molecule has 4 nitrogen and oxygen atoms in total. The number of hydrogen-bond acceptors (Lipinski definition) is 3. The fourth-order valence-electron chi connectivity index (χ4n) is 2.93. The van der Waals surface area contributed by atoms with Crippen molar-refractivity contribution in [1.29, 1.82) is 0 Å². The molecule has 1 saturated heterocycles. The van der Waals surface area contributed by atoms with Crippen molar-refractivity contribution in [1.82, 2.24) is 15.1 Å². The van der Waals surface area contributed by atoms with E-state index in [0.717, 1.165) is 39.3 Å². The van der Waals surface area contributed by atoms with Crippen molar-refractivity contribution in [3.05, 3.63) is 0 Å². The van der Waals surface area contributed by atoms with E-state index >= 15 is 0 Å². The van der Waals surface area contributed by atoms with Crippen molar-refractivity contribution in [2.45, 2.75) is 46.6 Å². The summed E-state index contributed by atoms with van der Waals surface area (Å²) in [6.45, 7) is 14.2. The van der Waals surface area contributed by atoms with Gasteiger partial charge >= 0.3 is 0 Å². The third kappa shape index (κ3) is 4.77. The molecule has 1 N–H and O–H groups in total. The maximum Gasteiger partial charge on any atom is 0.239 e. The number of piperidine rings is 1. The predicted octanol–water partition coefficient (Wildman–Crippen LogP) is 1.56. The topological polar surface area (TPSA) is 35.6 Å². The summed E-state index contributed by atoms with van der Waals surface area (Å²) in [5.74, 6) is 0.969. The van der Waals surface area contributed by atoms with Crippen LogP contribution in [0.2, 0.25) is 0 Å². The first kappa shape index (κ1) is 16.4. The Labute approximate surface area is 118 Å². The standard InChI is InChI=1S/C15H31N3O/c1-5-17(6-2)15(19)13(4)18(7-3)12-14-9-8-10-16-11-14/h13-14,16H,5-12H2,1-4H3. The second kappa shape index (κ2) is 8.54. The molecular formula is C15H31N3O. The summed E-state index contributed by atoms with van der Waals surface area (Å²) in [6, 6.07) is 0.00632. The lowest BCUT2D eigenvalue weighted by Gasteiger charge is -2.34. The summed E-state index contributed by atoms with van der Waals surface area (Å²) in [5, 5.41) is 3.46. The fraction of sp³-hybridized carbons (Fsp3) is 0.933. The number of nitrogens with zero attached hydrogens (tertiary/aromatic N) is 2. The molecule has 1 aliphatic rings. The van der Waals surface area contributed by atoms with Gasteiger partial charge in [0.25, 0.3) is 0 Å².